The van der Waals surface area contributed by atoms with Crippen LogP contribution >= 0.6 is 24.0 Å². The van der Waals surface area contributed by atoms with Crippen LogP contribution in [0.15, 0.2) is 40.0 Å². The minimum Gasteiger partial charge on any atom is -0.469 e. The van der Waals surface area contributed by atoms with Gasteiger partial charge in [0.25, 0.3) is 0 Å². The first-order valence-electron chi connectivity index (χ1n) is 9.28. The molecule has 3 heterocycles. The van der Waals surface area contributed by atoms with Gasteiger partial charge in [-0.25, -0.2) is 14.7 Å². The standard InChI is InChI=1S/C19H28N6O.HI/c1-4-17-23-18-8-7-15(13-25(18)24-17)22-19(21-12-14(2)3)20-10-9-16-6-5-11-26-16;/h5-6,11,15H,2,4,7-10,12-13H2,1,3H3,(H2,20,21,22);1H. The molecular weight excluding hydrogens is 455 g/mol. The summed E-state index contributed by atoms with van der Waals surface area (Å²) in [4.78, 5) is 9.21. The Morgan fingerprint density at radius 3 is 3.04 bits per heavy atom. The number of aliphatic imine (C=N–C) groups is 1. The molecule has 7 nitrogen and oxygen atoms in total. The predicted molar refractivity (Wildman–Crippen MR) is 118 cm³/mol. The molecule has 3 rings (SSSR count). The van der Waals surface area contributed by atoms with Gasteiger partial charge in [0.2, 0.25) is 0 Å². The number of nitrogens with one attached hydrogen (secondary N) is 2. The van der Waals surface area contributed by atoms with E-state index in [1.54, 1.807) is 6.26 Å². The summed E-state index contributed by atoms with van der Waals surface area (Å²) in [5.41, 5.74) is 1.03. The van der Waals surface area contributed by atoms with Crippen molar-refractivity contribution >= 4 is 29.9 Å². The molecule has 1 aliphatic heterocycles. The maximum atomic E-state index is 5.38. The molecule has 0 aliphatic carbocycles. The first-order chi connectivity index (χ1) is 12.6. The van der Waals surface area contributed by atoms with Gasteiger partial charge in [0.15, 0.2) is 11.8 Å². The normalized spacial score (nSPS) is 16.4. The quantitative estimate of drug-likeness (QED) is 0.274. The molecule has 0 bridgehead atoms. The molecule has 0 aromatic carbocycles. The highest BCUT2D eigenvalue weighted by molar-refractivity contribution is 14.0. The molecule has 27 heavy (non-hydrogen) atoms. The van der Waals surface area contributed by atoms with Crippen molar-refractivity contribution in [3.63, 3.8) is 0 Å². The number of hydrogen-bond acceptors (Lipinski definition) is 4. The highest BCUT2D eigenvalue weighted by atomic mass is 127. The van der Waals surface area contributed by atoms with Crippen molar-refractivity contribution in [2.45, 2.75) is 52.1 Å². The van der Waals surface area contributed by atoms with E-state index in [1.165, 1.54) is 0 Å². The van der Waals surface area contributed by atoms with Crippen molar-refractivity contribution in [3.05, 3.63) is 48.0 Å². The summed E-state index contributed by atoms with van der Waals surface area (Å²) in [6.45, 7) is 10.2. The Morgan fingerprint density at radius 1 is 1.48 bits per heavy atom. The van der Waals surface area contributed by atoms with E-state index in [1.807, 2.05) is 23.7 Å². The summed E-state index contributed by atoms with van der Waals surface area (Å²) in [7, 11) is 0. The van der Waals surface area contributed by atoms with Gasteiger partial charge in [0, 0.05) is 31.8 Å². The summed E-state index contributed by atoms with van der Waals surface area (Å²) in [6, 6.07) is 4.18. The lowest BCUT2D eigenvalue weighted by atomic mass is 10.1. The smallest absolute Gasteiger partial charge is 0.191 e. The highest BCUT2D eigenvalue weighted by Gasteiger charge is 2.22. The van der Waals surface area contributed by atoms with Crippen LogP contribution in [0.5, 0.6) is 0 Å². The average Bonchev–Trinajstić information content (AvgIpc) is 3.28. The topological polar surface area (TPSA) is 80.3 Å². The van der Waals surface area contributed by atoms with Crippen LogP contribution in [0, 0.1) is 0 Å². The van der Waals surface area contributed by atoms with Crippen molar-refractivity contribution < 1.29 is 4.42 Å². The lowest BCUT2D eigenvalue weighted by Crippen LogP contribution is -2.47. The first kappa shape index (κ1) is 21.5. The van der Waals surface area contributed by atoms with Crippen molar-refractivity contribution in [2.24, 2.45) is 4.99 Å². The molecule has 1 atom stereocenters. The lowest BCUT2D eigenvalue weighted by Gasteiger charge is -2.25. The number of furan rings is 1. The summed E-state index contributed by atoms with van der Waals surface area (Å²) < 4.78 is 7.41. The second kappa shape index (κ2) is 10.5. The predicted octanol–water partition coefficient (Wildman–Crippen LogP) is 2.72. The Bertz CT molecular complexity index is 752. The number of nitrogens with zero attached hydrogens (tertiary/aromatic N) is 4. The fourth-order valence-electron chi connectivity index (χ4n) is 2.95. The molecule has 1 unspecified atom stereocenters. The molecule has 148 valence electrons. The zero-order valence-corrected chi connectivity index (χ0v) is 18.4. The molecule has 0 saturated carbocycles. The maximum absolute atomic E-state index is 5.38. The number of hydrogen-bond donors (Lipinski definition) is 2. The third-order valence-electron chi connectivity index (χ3n) is 4.31. The van der Waals surface area contributed by atoms with E-state index in [9.17, 15) is 0 Å². The molecule has 0 saturated heterocycles. The fourth-order valence-corrected chi connectivity index (χ4v) is 2.95. The second-order valence-corrected chi connectivity index (χ2v) is 6.74. The monoisotopic (exact) mass is 484 g/mol. The van der Waals surface area contributed by atoms with E-state index >= 15 is 0 Å². The van der Waals surface area contributed by atoms with E-state index in [2.05, 4.69) is 39.2 Å². The van der Waals surface area contributed by atoms with E-state index in [4.69, 9.17) is 4.42 Å². The SMILES string of the molecule is C=C(C)CN=C(NCCc1ccco1)NC1CCc2nc(CC)nn2C1.I. The fraction of sp³-hybridized carbons (Fsp3) is 0.526. The van der Waals surface area contributed by atoms with Gasteiger partial charge in [-0.3, -0.25) is 0 Å². The number of fused-ring (bicyclic) bond motifs is 1. The number of guanidine groups is 1. The van der Waals surface area contributed by atoms with Gasteiger partial charge in [-0.2, -0.15) is 5.10 Å². The molecular formula is C19H29IN6O. The van der Waals surface area contributed by atoms with Gasteiger partial charge < -0.3 is 15.1 Å². The van der Waals surface area contributed by atoms with Crippen LogP contribution in [0.25, 0.3) is 0 Å². The van der Waals surface area contributed by atoms with Crippen LogP contribution in [-0.4, -0.2) is 39.9 Å². The molecule has 0 radical (unpaired) electrons. The van der Waals surface area contributed by atoms with Crippen LogP contribution < -0.4 is 10.6 Å². The Balaban J connectivity index is 0.00000261. The van der Waals surface area contributed by atoms with Crippen LogP contribution in [0.4, 0.5) is 0 Å². The Morgan fingerprint density at radius 2 is 2.33 bits per heavy atom. The zero-order chi connectivity index (χ0) is 18.4. The zero-order valence-electron chi connectivity index (χ0n) is 16.1. The molecule has 2 aromatic rings. The van der Waals surface area contributed by atoms with Gasteiger partial charge >= 0.3 is 0 Å². The second-order valence-electron chi connectivity index (χ2n) is 6.74. The summed E-state index contributed by atoms with van der Waals surface area (Å²) in [6.07, 6.45) is 5.35. The number of aromatic nitrogens is 3. The van der Waals surface area contributed by atoms with Crippen LogP contribution in [0.3, 0.4) is 0 Å². The third kappa shape index (κ3) is 6.37. The van der Waals surface area contributed by atoms with E-state index in [-0.39, 0.29) is 30.0 Å². The minimum absolute atomic E-state index is 0. The molecule has 0 amide bonds. The average molecular weight is 484 g/mol. The van der Waals surface area contributed by atoms with Crippen LogP contribution in [0.1, 0.15) is 37.7 Å². The lowest BCUT2D eigenvalue weighted by molar-refractivity contribution is 0.392. The Hall–Kier alpha value is -1.84. The van der Waals surface area contributed by atoms with Crippen LogP contribution in [-0.2, 0) is 25.8 Å². The summed E-state index contributed by atoms with van der Waals surface area (Å²) in [5, 5.41) is 11.5. The Labute approximate surface area is 177 Å². The molecule has 8 heteroatoms. The van der Waals surface area contributed by atoms with E-state index in [0.717, 1.165) is 67.7 Å². The third-order valence-corrected chi connectivity index (χ3v) is 4.31. The van der Waals surface area contributed by atoms with Gasteiger partial charge in [0.05, 0.1) is 19.4 Å². The van der Waals surface area contributed by atoms with Gasteiger partial charge in [-0.15, -0.1) is 24.0 Å². The van der Waals surface area contributed by atoms with Crippen molar-refractivity contribution in [1.82, 2.24) is 25.4 Å². The minimum atomic E-state index is 0. The number of rotatable bonds is 7. The Kier molecular flexibility index (Phi) is 8.33. The summed E-state index contributed by atoms with van der Waals surface area (Å²) in [5.74, 6) is 3.79. The van der Waals surface area contributed by atoms with Gasteiger partial charge in [-0.1, -0.05) is 19.1 Å². The molecule has 0 fully saturated rings. The first-order valence-corrected chi connectivity index (χ1v) is 9.28. The summed E-state index contributed by atoms with van der Waals surface area (Å²) >= 11 is 0. The molecule has 1 aliphatic rings. The van der Waals surface area contributed by atoms with Crippen LogP contribution in [0.2, 0.25) is 0 Å². The highest BCUT2D eigenvalue weighted by Crippen LogP contribution is 2.13. The molecule has 2 aromatic heterocycles. The molecule has 0 spiro atoms. The van der Waals surface area contributed by atoms with Crippen molar-refractivity contribution in [2.75, 3.05) is 13.1 Å². The number of aryl methyl sites for hydroxylation is 2. The maximum Gasteiger partial charge on any atom is 0.191 e. The molecule has 2 N–H and O–H groups in total. The number of halogens is 1. The van der Waals surface area contributed by atoms with Gasteiger partial charge in [0.1, 0.15) is 11.6 Å². The van der Waals surface area contributed by atoms with E-state index < -0.39 is 0 Å². The van der Waals surface area contributed by atoms with E-state index in [0.29, 0.717) is 6.54 Å². The van der Waals surface area contributed by atoms with Crippen molar-refractivity contribution in [1.29, 1.82) is 0 Å². The van der Waals surface area contributed by atoms with Crippen molar-refractivity contribution in [3.8, 4) is 0 Å². The van der Waals surface area contributed by atoms with Gasteiger partial charge in [-0.05, 0) is 25.5 Å². The largest absolute Gasteiger partial charge is 0.469 e.